The highest BCUT2D eigenvalue weighted by molar-refractivity contribution is 5.85. The number of nitrogens with two attached hydrogens (primary N) is 1. The van der Waals surface area contributed by atoms with Crippen molar-refractivity contribution in [1.29, 1.82) is 0 Å². The standard InChI is InChI=1S/C10H9NO2/c11-8-6-9(12)13-10(8)7-4-2-1-3-5-7/h1-6,10H,11H2/t10-/m0/s1. The molecule has 66 valence electrons. The molecule has 1 atom stereocenters. The van der Waals surface area contributed by atoms with Crippen molar-refractivity contribution in [3.05, 3.63) is 47.7 Å². The van der Waals surface area contributed by atoms with Crippen LogP contribution in [0.25, 0.3) is 0 Å². The molecule has 2 rings (SSSR count). The number of hydrogen-bond acceptors (Lipinski definition) is 3. The van der Waals surface area contributed by atoms with Crippen molar-refractivity contribution >= 4 is 5.97 Å². The van der Waals surface area contributed by atoms with E-state index in [0.717, 1.165) is 5.56 Å². The van der Waals surface area contributed by atoms with E-state index in [0.29, 0.717) is 5.70 Å². The molecule has 1 heterocycles. The Morgan fingerprint density at radius 2 is 1.92 bits per heavy atom. The van der Waals surface area contributed by atoms with Crippen LogP contribution in [0.2, 0.25) is 0 Å². The van der Waals surface area contributed by atoms with Crippen LogP contribution in [-0.4, -0.2) is 5.97 Å². The SMILES string of the molecule is NC1=CC(=O)O[C@H]1c1ccccc1. The molecule has 0 radical (unpaired) electrons. The maximum atomic E-state index is 10.9. The molecule has 0 aliphatic carbocycles. The van der Waals surface area contributed by atoms with Crippen LogP contribution in [0.5, 0.6) is 0 Å². The van der Waals surface area contributed by atoms with Gasteiger partial charge in [0.1, 0.15) is 0 Å². The Hall–Kier alpha value is -1.77. The lowest BCUT2D eigenvalue weighted by Gasteiger charge is -2.10. The molecule has 0 fully saturated rings. The number of esters is 1. The Balaban J connectivity index is 2.30. The summed E-state index contributed by atoms with van der Waals surface area (Å²) in [6.07, 6.45) is 0.922. The monoisotopic (exact) mass is 175 g/mol. The van der Waals surface area contributed by atoms with Crippen LogP contribution in [0.15, 0.2) is 42.1 Å². The lowest BCUT2D eigenvalue weighted by Crippen LogP contribution is -2.07. The van der Waals surface area contributed by atoms with Gasteiger partial charge in [0.15, 0.2) is 6.10 Å². The Morgan fingerprint density at radius 3 is 2.46 bits per heavy atom. The van der Waals surface area contributed by atoms with Crippen molar-refractivity contribution in [2.45, 2.75) is 6.10 Å². The number of rotatable bonds is 1. The maximum Gasteiger partial charge on any atom is 0.333 e. The first-order chi connectivity index (χ1) is 6.27. The Bertz CT molecular complexity index is 356. The van der Waals surface area contributed by atoms with Gasteiger partial charge in [0, 0.05) is 6.08 Å². The highest BCUT2D eigenvalue weighted by atomic mass is 16.5. The van der Waals surface area contributed by atoms with Crippen molar-refractivity contribution in [2.75, 3.05) is 0 Å². The third kappa shape index (κ3) is 1.40. The van der Waals surface area contributed by atoms with Crippen molar-refractivity contribution in [1.82, 2.24) is 0 Å². The summed E-state index contributed by atoms with van der Waals surface area (Å²) in [7, 11) is 0. The number of hydrogen-bond donors (Lipinski definition) is 1. The predicted molar refractivity (Wildman–Crippen MR) is 47.5 cm³/mol. The first kappa shape index (κ1) is 7.86. The highest BCUT2D eigenvalue weighted by Gasteiger charge is 2.24. The van der Waals surface area contributed by atoms with Gasteiger partial charge in [-0.05, 0) is 5.56 Å². The molecular weight excluding hydrogens is 166 g/mol. The Labute approximate surface area is 75.8 Å². The van der Waals surface area contributed by atoms with Gasteiger partial charge in [-0.1, -0.05) is 30.3 Å². The third-order valence-corrected chi connectivity index (χ3v) is 1.92. The second-order valence-corrected chi connectivity index (χ2v) is 2.87. The average Bonchev–Trinajstić information content (AvgIpc) is 2.47. The molecule has 1 aliphatic heterocycles. The second-order valence-electron chi connectivity index (χ2n) is 2.87. The van der Waals surface area contributed by atoms with Crippen LogP contribution in [0, 0.1) is 0 Å². The van der Waals surface area contributed by atoms with Gasteiger partial charge in [0.25, 0.3) is 0 Å². The van der Waals surface area contributed by atoms with Gasteiger partial charge in [-0.3, -0.25) is 0 Å². The molecule has 0 spiro atoms. The number of cyclic esters (lactones) is 1. The normalized spacial score (nSPS) is 21.1. The predicted octanol–water partition coefficient (Wildman–Crippen LogP) is 1.13. The quantitative estimate of drug-likeness (QED) is 0.651. The number of benzene rings is 1. The number of carbonyl (C=O) groups excluding carboxylic acids is 1. The van der Waals surface area contributed by atoms with Crippen LogP contribution in [-0.2, 0) is 9.53 Å². The molecule has 0 saturated carbocycles. The first-order valence-corrected chi connectivity index (χ1v) is 4.00. The zero-order valence-corrected chi connectivity index (χ0v) is 6.94. The van der Waals surface area contributed by atoms with Crippen molar-refractivity contribution < 1.29 is 9.53 Å². The van der Waals surface area contributed by atoms with Crippen LogP contribution in [0.4, 0.5) is 0 Å². The fraction of sp³-hybridized carbons (Fsp3) is 0.100. The molecule has 0 unspecified atom stereocenters. The molecule has 1 aliphatic rings. The van der Waals surface area contributed by atoms with Crippen LogP contribution >= 0.6 is 0 Å². The largest absolute Gasteiger partial charge is 0.448 e. The molecular formula is C10H9NO2. The summed E-state index contributed by atoms with van der Waals surface area (Å²) < 4.78 is 5.00. The lowest BCUT2D eigenvalue weighted by molar-refractivity contribution is -0.139. The summed E-state index contributed by atoms with van der Waals surface area (Å²) >= 11 is 0. The highest BCUT2D eigenvalue weighted by Crippen LogP contribution is 2.27. The Kier molecular flexibility index (Phi) is 1.77. The molecule has 0 aromatic heterocycles. The van der Waals surface area contributed by atoms with Gasteiger partial charge < -0.3 is 10.5 Å². The van der Waals surface area contributed by atoms with E-state index in [-0.39, 0.29) is 5.97 Å². The minimum absolute atomic E-state index is 0.369. The zero-order valence-electron chi connectivity index (χ0n) is 6.94. The molecule has 13 heavy (non-hydrogen) atoms. The summed E-state index contributed by atoms with van der Waals surface area (Å²) in [5, 5.41) is 0. The maximum absolute atomic E-state index is 10.9. The molecule has 3 nitrogen and oxygen atoms in total. The van der Waals surface area contributed by atoms with E-state index >= 15 is 0 Å². The van der Waals surface area contributed by atoms with Gasteiger partial charge in [0.2, 0.25) is 0 Å². The molecule has 0 amide bonds. The molecule has 3 heteroatoms. The van der Waals surface area contributed by atoms with E-state index in [9.17, 15) is 4.79 Å². The van der Waals surface area contributed by atoms with E-state index in [2.05, 4.69) is 0 Å². The van der Waals surface area contributed by atoms with Crippen LogP contribution in [0.1, 0.15) is 11.7 Å². The van der Waals surface area contributed by atoms with E-state index in [1.165, 1.54) is 6.08 Å². The number of carbonyl (C=O) groups is 1. The van der Waals surface area contributed by atoms with Crippen LogP contribution in [0.3, 0.4) is 0 Å². The lowest BCUT2D eigenvalue weighted by atomic mass is 10.1. The molecule has 1 aromatic carbocycles. The summed E-state index contributed by atoms with van der Waals surface area (Å²) in [6.45, 7) is 0. The summed E-state index contributed by atoms with van der Waals surface area (Å²) in [5.74, 6) is -0.369. The first-order valence-electron chi connectivity index (χ1n) is 4.00. The third-order valence-electron chi connectivity index (χ3n) is 1.92. The van der Waals surface area contributed by atoms with Gasteiger partial charge in [-0.2, -0.15) is 0 Å². The van der Waals surface area contributed by atoms with E-state index in [1.807, 2.05) is 30.3 Å². The second kappa shape index (κ2) is 2.94. The fourth-order valence-corrected chi connectivity index (χ4v) is 1.32. The summed E-state index contributed by atoms with van der Waals surface area (Å²) in [4.78, 5) is 10.9. The molecule has 2 N–H and O–H groups in total. The topological polar surface area (TPSA) is 52.3 Å². The summed E-state index contributed by atoms with van der Waals surface area (Å²) in [6, 6.07) is 9.43. The fourth-order valence-electron chi connectivity index (χ4n) is 1.32. The smallest absolute Gasteiger partial charge is 0.333 e. The number of ether oxygens (including phenoxy) is 1. The molecule has 1 aromatic rings. The van der Waals surface area contributed by atoms with Gasteiger partial charge in [-0.25, -0.2) is 4.79 Å². The van der Waals surface area contributed by atoms with Crippen molar-refractivity contribution in [3.63, 3.8) is 0 Å². The average molecular weight is 175 g/mol. The van der Waals surface area contributed by atoms with E-state index in [1.54, 1.807) is 0 Å². The van der Waals surface area contributed by atoms with Crippen molar-refractivity contribution in [3.8, 4) is 0 Å². The summed E-state index contributed by atoms with van der Waals surface area (Å²) in [5.41, 5.74) is 6.99. The van der Waals surface area contributed by atoms with E-state index < -0.39 is 6.10 Å². The van der Waals surface area contributed by atoms with Gasteiger partial charge >= 0.3 is 5.97 Å². The minimum Gasteiger partial charge on any atom is -0.448 e. The van der Waals surface area contributed by atoms with Gasteiger partial charge in [-0.15, -0.1) is 0 Å². The minimum atomic E-state index is -0.395. The van der Waals surface area contributed by atoms with Crippen molar-refractivity contribution in [2.24, 2.45) is 5.73 Å². The zero-order chi connectivity index (χ0) is 9.26. The van der Waals surface area contributed by atoms with Gasteiger partial charge in [0.05, 0.1) is 5.70 Å². The Morgan fingerprint density at radius 1 is 1.23 bits per heavy atom. The van der Waals surface area contributed by atoms with Crippen LogP contribution < -0.4 is 5.73 Å². The van der Waals surface area contributed by atoms with E-state index in [4.69, 9.17) is 10.5 Å². The molecule has 0 bridgehead atoms. The molecule has 0 saturated heterocycles.